The number of likely N-dealkylation sites (tertiary alicyclic amines) is 1. The highest BCUT2D eigenvalue weighted by atomic mass is 19.4. The summed E-state index contributed by atoms with van der Waals surface area (Å²) in [5.41, 5.74) is 0. The third-order valence-electron chi connectivity index (χ3n) is 3.38. The van der Waals surface area contributed by atoms with Crippen molar-refractivity contribution < 1.29 is 48.7 Å². The number of halogens is 10. The van der Waals surface area contributed by atoms with E-state index in [-0.39, 0.29) is 17.7 Å². The first-order chi connectivity index (χ1) is 10.1. The van der Waals surface area contributed by atoms with E-state index in [2.05, 4.69) is 0 Å². The van der Waals surface area contributed by atoms with E-state index in [4.69, 9.17) is 0 Å². The molecule has 1 heterocycles. The normalized spacial score (nSPS) is 19.7. The Morgan fingerprint density at radius 1 is 0.783 bits per heavy atom. The molecule has 1 atom stereocenters. The summed E-state index contributed by atoms with van der Waals surface area (Å²) in [4.78, 5) is 11.8. The number of hydrogen-bond donors (Lipinski definition) is 0. The van der Waals surface area contributed by atoms with Crippen molar-refractivity contribution in [3.8, 4) is 0 Å². The van der Waals surface area contributed by atoms with Gasteiger partial charge in [-0.2, -0.15) is 43.9 Å². The molecule has 1 unspecified atom stereocenters. The summed E-state index contributed by atoms with van der Waals surface area (Å²) >= 11 is 0. The molecule has 2 nitrogen and oxygen atoms in total. The van der Waals surface area contributed by atoms with E-state index in [0.717, 1.165) is 0 Å². The zero-order chi connectivity index (χ0) is 18.3. The molecule has 23 heavy (non-hydrogen) atoms. The summed E-state index contributed by atoms with van der Waals surface area (Å²) < 4.78 is 127. The fraction of sp³-hybridized carbons (Fsp3) is 0.909. The zero-order valence-electron chi connectivity index (χ0n) is 11.2. The van der Waals surface area contributed by atoms with Gasteiger partial charge in [0.2, 0.25) is 11.8 Å². The fourth-order valence-electron chi connectivity index (χ4n) is 2.17. The summed E-state index contributed by atoms with van der Waals surface area (Å²) in [6.07, 6.45) is -12.5. The van der Waals surface area contributed by atoms with Gasteiger partial charge in [-0.1, -0.05) is 0 Å². The van der Waals surface area contributed by atoms with Crippen molar-refractivity contribution in [2.75, 3.05) is 13.1 Å². The van der Waals surface area contributed by atoms with Crippen LogP contribution in [0.3, 0.4) is 0 Å². The number of amides is 1. The quantitative estimate of drug-likeness (QED) is 0.694. The van der Waals surface area contributed by atoms with Gasteiger partial charge in [0, 0.05) is 13.1 Å². The van der Waals surface area contributed by atoms with E-state index < -0.39 is 49.1 Å². The van der Waals surface area contributed by atoms with Crippen molar-refractivity contribution in [3.63, 3.8) is 0 Å². The smallest absolute Gasteiger partial charge is 0.342 e. The first kappa shape index (κ1) is 19.8. The number of carbonyl (C=O) groups is 1. The summed E-state index contributed by atoms with van der Waals surface area (Å²) in [7, 11) is 0. The maximum absolute atomic E-state index is 13.4. The molecule has 1 aliphatic heterocycles. The molecular weight excluding hydrogens is 352 g/mol. The molecule has 0 spiro atoms. The second-order valence-electron chi connectivity index (χ2n) is 5.06. The van der Waals surface area contributed by atoms with Gasteiger partial charge in [0.05, 0.1) is 0 Å². The van der Waals surface area contributed by atoms with Crippen LogP contribution >= 0.6 is 0 Å². The summed E-state index contributed by atoms with van der Waals surface area (Å²) in [5.74, 6) is -20.9. The van der Waals surface area contributed by atoms with Crippen LogP contribution in [0.4, 0.5) is 43.9 Å². The number of hydrogen-bond acceptors (Lipinski definition) is 1. The SMILES string of the molecule is O=C(C(C(F)(F)F)C(F)(F)C(F)(F)C(F)(F)F)N1CCCCC1. The minimum absolute atomic E-state index is 0.136. The largest absolute Gasteiger partial charge is 0.459 e. The average molecular weight is 363 g/mol. The number of carbonyl (C=O) groups excluding carboxylic acids is 1. The Hall–Kier alpha value is -1.23. The number of nitrogens with zero attached hydrogens (tertiary/aromatic N) is 1. The molecule has 1 amide bonds. The van der Waals surface area contributed by atoms with Crippen molar-refractivity contribution in [2.45, 2.75) is 43.5 Å². The Balaban J connectivity index is 3.28. The highest BCUT2D eigenvalue weighted by Gasteiger charge is 2.80. The second kappa shape index (κ2) is 6.00. The lowest BCUT2D eigenvalue weighted by Gasteiger charge is -2.37. The molecule has 0 aliphatic carbocycles. The van der Waals surface area contributed by atoms with Crippen LogP contribution in [0.25, 0.3) is 0 Å². The predicted molar refractivity (Wildman–Crippen MR) is 55.9 cm³/mol. The molecule has 12 heteroatoms. The average Bonchev–Trinajstić information content (AvgIpc) is 2.36. The molecule has 0 radical (unpaired) electrons. The van der Waals surface area contributed by atoms with Crippen molar-refractivity contribution in [1.29, 1.82) is 0 Å². The van der Waals surface area contributed by atoms with Gasteiger partial charge < -0.3 is 4.90 Å². The molecule has 136 valence electrons. The van der Waals surface area contributed by atoms with Crippen LogP contribution in [0.5, 0.6) is 0 Å². The number of piperidine rings is 1. The third-order valence-corrected chi connectivity index (χ3v) is 3.38. The van der Waals surface area contributed by atoms with Crippen LogP contribution in [0.2, 0.25) is 0 Å². The van der Waals surface area contributed by atoms with Gasteiger partial charge in [-0.05, 0) is 19.3 Å². The molecule has 1 aliphatic rings. The maximum Gasteiger partial charge on any atom is 0.459 e. The Morgan fingerprint density at radius 3 is 1.57 bits per heavy atom. The first-order valence-electron chi connectivity index (χ1n) is 6.32. The lowest BCUT2D eigenvalue weighted by Crippen LogP contribution is -2.63. The van der Waals surface area contributed by atoms with Crippen LogP contribution in [0.1, 0.15) is 19.3 Å². The first-order valence-corrected chi connectivity index (χ1v) is 6.32. The maximum atomic E-state index is 13.4. The van der Waals surface area contributed by atoms with Crippen LogP contribution in [0, 0.1) is 5.92 Å². The molecule has 0 aromatic rings. The van der Waals surface area contributed by atoms with Crippen LogP contribution in [-0.4, -0.2) is 48.1 Å². The summed E-state index contributed by atoms with van der Waals surface area (Å²) in [6, 6.07) is 0. The predicted octanol–water partition coefficient (Wildman–Crippen LogP) is 4.01. The van der Waals surface area contributed by atoms with Crippen molar-refractivity contribution >= 4 is 5.91 Å². The van der Waals surface area contributed by atoms with Gasteiger partial charge in [-0.3, -0.25) is 4.79 Å². The Morgan fingerprint density at radius 2 is 1.22 bits per heavy atom. The van der Waals surface area contributed by atoms with Crippen molar-refractivity contribution in [3.05, 3.63) is 0 Å². The molecular formula is C11H11F10NO. The van der Waals surface area contributed by atoms with Crippen molar-refractivity contribution in [1.82, 2.24) is 4.90 Å². The van der Waals surface area contributed by atoms with E-state index in [1.54, 1.807) is 0 Å². The van der Waals surface area contributed by atoms with Gasteiger partial charge >= 0.3 is 24.2 Å². The zero-order valence-corrected chi connectivity index (χ0v) is 11.2. The summed E-state index contributed by atoms with van der Waals surface area (Å²) in [6.45, 7) is -0.835. The monoisotopic (exact) mass is 363 g/mol. The van der Waals surface area contributed by atoms with E-state index in [9.17, 15) is 48.7 Å². The fourth-order valence-corrected chi connectivity index (χ4v) is 2.17. The lowest BCUT2D eigenvalue weighted by molar-refractivity contribution is -0.381. The van der Waals surface area contributed by atoms with Gasteiger partial charge in [-0.25, -0.2) is 0 Å². The molecule has 1 rings (SSSR count). The highest BCUT2D eigenvalue weighted by molar-refractivity contribution is 5.81. The molecule has 0 N–H and O–H groups in total. The molecule has 0 saturated carbocycles. The third kappa shape index (κ3) is 3.65. The van der Waals surface area contributed by atoms with E-state index in [0.29, 0.717) is 6.42 Å². The molecule has 1 fully saturated rings. The van der Waals surface area contributed by atoms with Crippen LogP contribution < -0.4 is 0 Å². The molecule has 0 aromatic carbocycles. The number of rotatable bonds is 3. The van der Waals surface area contributed by atoms with Crippen LogP contribution in [0.15, 0.2) is 0 Å². The highest BCUT2D eigenvalue weighted by Crippen LogP contribution is 2.53. The summed E-state index contributed by atoms with van der Waals surface area (Å²) in [5, 5.41) is 0. The Labute approximate surface area is 123 Å². The lowest BCUT2D eigenvalue weighted by atomic mass is 9.92. The van der Waals surface area contributed by atoms with Gasteiger partial charge in [0.15, 0.2) is 0 Å². The topological polar surface area (TPSA) is 20.3 Å². The minimum Gasteiger partial charge on any atom is -0.342 e. The Kier molecular flexibility index (Phi) is 5.17. The van der Waals surface area contributed by atoms with E-state index >= 15 is 0 Å². The molecule has 0 aromatic heterocycles. The standard InChI is InChI=1S/C11H11F10NO/c12-8(13,10(17,18)11(19,20)21)6(9(14,15)16)7(23)22-4-2-1-3-5-22/h6H,1-5H2. The number of alkyl halides is 10. The molecule has 1 saturated heterocycles. The molecule has 0 bridgehead atoms. The van der Waals surface area contributed by atoms with Crippen LogP contribution in [-0.2, 0) is 4.79 Å². The van der Waals surface area contributed by atoms with Gasteiger partial charge in [0.1, 0.15) is 0 Å². The second-order valence-corrected chi connectivity index (χ2v) is 5.06. The minimum atomic E-state index is -7.01. The van der Waals surface area contributed by atoms with Gasteiger partial charge in [-0.15, -0.1) is 0 Å². The van der Waals surface area contributed by atoms with E-state index in [1.165, 1.54) is 0 Å². The Bertz CT molecular complexity index is 435. The van der Waals surface area contributed by atoms with Gasteiger partial charge in [0.25, 0.3) is 0 Å². The van der Waals surface area contributed by atoms with E-state index in [1.807, 2.05) is 0 Å². The van der Waals surface area contributed by atoms with Crippen molar-refractivity contribution in [2.24, 2.45) is 5.92 Å².